The molecule has 2 fully saturated rings. The summed E-state index contributed by atoms with van der Waals surface area (Å²) in [6, 6.07) is 16.1. The van der Waals surface area contributed by atoms with Crippen LogP contribution in [0.4, 0.5) is 0 Å². The van der Waals surface area contributed by atoms with Crippen LogP contribution in [-0.4, -0.2) is 62.2 Å². The van der Waals surface area contributed by atoms with Gasteiger partial charge in [-0.3, -0.25) is 9.59 Å². The van der Waals surface area contributed by atoms with Crippen LogP contribution in [0.2, 0.25) is 0 Å². The van der Waals surface area contributed by atoms with Gasteiger partial charge in [0.25, 0.3) is 0 Å². The van der Waals surface area contributed by atoms with Gasteiger partial charge in [0.1, 0.15) is 11.2 Å². The molecule has 0 aromatic heterocycles. The van der Waals surface area contributed by atoms with E-state index in [-0.39, 0.29) is 17.5 Å². The van der Waals surface area contributed by atoms with E-state index in [1.54, 1.807) is 0 Å². The average molecular weight is 465 g/mol. The summed E-state index contributed by atoms with van der Waals surface area (Å²) in [5, 5.41) is 6.55. The zero-order valence-corrected chi connectivity index (χ0v) is 20.6. The molecule has 4 rings (SSSR count). The smallest absolute Gasteiger partial charge is 0.172 e. The quantitative estimate of drug-likeness (QED) is 0.654. The summed E-state index contributed by atoms with van der Waals surface area (Å²) in [5.41, 5.74) is 2.12. The lowest BCUT2D eigenvalue weighted by Crippen LogP contribution is -2.54. The fourth-order valence-corrected chi connectivity index (χ4v) is 5.07. The minimum absolute atomic E-state index is 0.0415. The number of hydrogen-bond acceptors (Lipinski definition) is 6. The molecule has 2 aromatic rings. The maximum Gasteiger partial charge on any atom is 0.172 e. The summed E-state index contributed by atoms with van der Waals surface area (Å²) in [6.45, 7) is 11.1. The van der Waals surface area contributed by atoms with E-state index in [2.05, 4.69) is 10.6 Å². The van der Waals surface area contributed by atoms with Crippen LogP contribution in [0, 0.1) is 0 Å². The molecule has 182 valence electrons. The van der Waals surface area contributed by atoms with Crippen molar-refractivity contribution in [3.63, 3.8) is 0 Å². The van der Waals surface area contributed by atoms with Gasteiger partial charge < -0.3 is 20.1 Å². The van der Waals surface area contributed by atoms with Gasteiger partial charge in [-0.2, -0.15) is 0 Å². The highest BCUT2D eigenvalue weighted by molar-refractivity contribution is 5.96. The molecule has 0 bridgehead atoms. The van der Waals surface area contributed by atoms with Gasteiger partial charge in [0.05, 0.1) is 13.2 Å². The van der Waals surface area contributed by atoms with Gasteiger partial charge in [0, 0.05) is 38.0 Å². The third-order valence-electron chi connectivity index (χ3n) is 7.28. The predicted molar refractivity (Wildman–Crippen MR) is 133 cm³/mol. The molecule has 2 aliphatic heterocycles. The molecule has 0 radical (unpaired) electrons. The van der Waals surface area contributed by atoms with Gasteiger partial charge >= 0.3 is 0 Å². The Labute approximate surface area is 202 Å². The van der Waals surface area contributed by atoms with Crippen molar-refractivity contribution in [3.8, 4) is 11.1 Å². The number of carbonyl (C=O) groups excluding carboxylic acids is 2. The highest BCUT2D eigenvalue weighted by atomic mass is 16.5. The molecule has 0 saturated carbocycles. The lowest BCUT2D eigenvalue weighted by atomic mass is 9.79. The molecule has 2 saturated heterocycles. The van der Waals surface area contributed by atoms with Crippen LogP contribution >= 0.6 is 0 Å². The SMILES string of the molecule is CC(C(=O)C1(C)CNCCO1)c1ccc(-c2ccccc2)c(C(C)C(=O)C2(C)CNCCO2)c1. The zero-order valence-electron chi connectivity index (χ0n) is 20.6. The molecule has 2 N–H and O–H groups in total. The van der Waals surface area contributed by atoms with Crippen molar-refractivity contribution in [2.75, 3.05) is 39.4 Å². The van der Waals surface area contributed by atoms with E-state index in [0.29, 0.717) is 26.3 Å². The van der Waals surface area contributed by atoms with Gasteiger partial charge in [-0.1, -0.05) is 62.4 Å². The number of hydrogen-bond donors (Lipinski definition) is 2. The Morgan fingerprint density at radius 3 is 1.91 bits per heavy atom. The summed E-state index contributed by atoms with van der Waals surface area (Å²) < 4.78 is 11.8. The number of rotatable bonds is 7. The van der Waals surface area contributed by atoms with E-state index in [0.717, 1.165) is 35.3 Å². The Balaban J connectivity index is 1.71. The normalized spacial score (nSPS) is 27.1. The molecule has 2 aliphatic rings. The topological polar surface area (TPSA) is 76.7 Å². The third-order valence-corrected chi connectivity index (χ3v) is 7.28. The number of morpholine rings is 2. The second-order valence-corrected chi connectivity index (χ2v) is 9.90. The number of ketones is 2. The minimum Gasteiger partial charge on any atom is -0.365 e. The van der Waals surface area contributed by atoms with E-state index in [1.807, 2.05) is 76.2 Å². The molecule has 6 heteroatoms. The molecular weight excluding hydrogens is 428 g/mol. The molecular formula is C28H36N2O4. The number of ether oxygens (including phenoxy) is 2. The Morgan fingerprint density at radius 1 is 0.824 bits per heavy atom. The molecule has 6 nitrogen and oxygen atoms in total. The maximum atomic E-state index is 13.7. The van der Waals surface area contributed by atoms with Crippen molar-refractivity contribution in [2.45, 2.75) is 50.7 Å². The maximum absolute atomic E-state index is 13.7. The molecule has 4 atom stereocenters. The predicted octanol–water partition coefficient (Wildman–Crippen LogP) is 3.46. The van der Waals surface area contributed by atoms with E-state index < -0.39 is 17.1 Å². The van der Waals surface area contributed by atoms with Gasteiger partial charge in [-0.15, -0.1) is 0 Å². The van der Waals surface area contributed by atoms with E-state index in [1.165, 1.54) is 0 Å². The molecule has 0 amide bonds. The van der Waals surface area contributed by atoms with Crippen LogP contribution in [0.15, 0.2) is 48.5 Å². The van der Waals surface area contributed by atoms with Crippen LogP contribution in [-0.2, 0) is 19.1 Å². The Morgan fingerprint density at radius 2 is 1.38 bits per heavy atom. The van der Waals surface area contributed by atoms with Crippen LogP contribution in [0.25, 0.3) is 11.1 Å². The molecule has 4 unspecified atom stereocenters. The highest BCUT2D eigenvalue weighted by Gasteiger charge is 2.41. The van der Waals surface area contributed by atoms with Crippen molar-refractivity contribution in [3.05, 3.63) is 59.7 Å². The number of benzene rings is 2. The van der Waals surface area contributed by atoms with E-state index in [4.69, 9.17) is 9.47 Å². The number of nitrogens with one attached hydrogen (secondary N) is 2. The zero-order chi connectivity index (χ0) is 24.3. The van der Waals surface area contributed by atoms with Crippen molar-refractivity contribution < 1.29 is 19.1 Å². The molecule has 2 aromatic carbocycles. The van der Waals surface area contributed by atoms with Gasteiger partial charge in [0.15, 0.2) is 11.6 Å². The van der Waals surface area contributed by atoms with Crippen LogP contribution < -0.4 is 10.6 Å². The number of Topliss-reactive ketones (excluding diaryl/α,β-unsaturated/α-hetero) is 2. The first-order chi connectivity index (χ1) is 16.3. The largest absolute Gasteiger partial charge is 0.365 e. The lowest BCUT2D eigenvalue weighted by molar-refractivity contribution is -0.146. The summed E-state index contributed by atoms with van der Waals surface area (Å²) in [7, 11) is 0. The van der Waals surface area contributed by atoms with Crippen molar-refractivity contribution >= 4 is 11.6 Å². The molecule has 0 spiro atoms. The van der Waals surface area contributed by atoms with E-state index in [9.17, 15) is 9.59 Å². The fraction of sp³-hybridized carbons (Fsp3) is 0.500. The monoisotopic (exact) mass is 464 g/mol. The van der Waals surface area contributed by atoms with Gasteiger partial charge in [0.2, 0.25) is 0 Å². The highest BCUT2D eigenvalue weighted by Crippen LogP contribution is 2.36. The first-order valence-electron chi connectivity index (χ1n) is 12.2. The second-order valence-electron chi connectivity index (χ2n) is 9.90. The van der Waals surface area contributed by atoms with Crippen molar-refractivity contribution in [1.29, 1.82) is 0 Å². The Hall–Kier alpha value is -2.38. The lowest BCUT2D eigenvalue weighted by Gasteiger charge is -2.36. The van der Waals surface area contributed by atoms with Crippen molar-refractivity contribution in [1.82, 2.24) is 10.6 Å². The van der Waals surface area contributed by atoms with Crippen LogP contribution in [0.3, 0.4) is 0 Å². The fourth-order valence-electron chi connectivity index (χ4n) is 5.07. The summed E-state index contributed by atoms with van der Waals surface area (Å²) in [5.74, 6) is -0.673. The molecule has 2 heterocycles. The second kappa shape index (κ2) is 10.1. The first kappa shape index (κ1) is 24.7. The third kappa shape index (κ3) is 4.86. The van der Waals surface area contributed by atoms with Crippen LogP contribution in [0.5, 0.6) is 0 Å². The first-order valence-corrected chi connectivity index (χ1v) is 12.2. The summed E-state index contributed by atoms with van der Waals surface area (Å²) in [6.07, 6.45) is 0. The van der Waals surface area contributed by atoms with Gasteiger partial charge in [-0.05, 0) is 36.1 Å². The molecule has 0 aliphatic carbocycles. The Kier molecular flexibility index (Phi) is 7.33. The van der Waals surface area contributed by atoms with Gasteiger partial charge in [-0.25, -0.2) is 0 Å². The summed E-state index contributed by atoms with van der Waals surface area (Å²) >= 11 is 0. The average Bonchev–Trinajstić information content (AvgIpc) is 2.88. The standard InChI is InChI=1S/C28H36N2O4/c1-19(25(31)27(3)17-29-12-14-33-27)22-10-11-23(21-8-6-5-7-9-21)24(16-22)20(2)26(32)28(4)18-30-13-15-34-28/h5-11,16,19-20,29-30H,12-15,17-18H2,1-4H3. The number of carbonyl (C=O) groups is 2. The Bertz CT molecular complexity index is 1020. The molecule has 34 heavy (non-hydrogen) atoms. The minimum atomic E-state index is -0.877. The van der Waals surface area contributed by atoms with Crippen molar-refractivity contribution in [2.24, 2.45) is 0 Å². The summed E-state index contributed by atoms with van der Waals surface area (Å²) in [4.78, 5) is 27.1. The van der Waals surface area contributed by atoms with E-state index >= 15 is 0 Å². The van der Waals surface area contributed by atoms with Crippen LogP contribution in [0.1, 0.15) is 50.7 Å².